The molecule has 0 amide bonds. The van der Waals surface area contributed by atoms with Crippen molar-refractivity contribution in [1.82, 2.24) is 9.97 Å². The van der Waals surface area contributed by atoms with Crippen molar-refractivity contribution in [1.29, 1.82) is 0 Å². The largest absolute Gasteiger partial charge is 0.360 e. The number of hydrogen-bond donors (Lipinski definition) is 1. The van der Waals surface area contributed by atoms with Crippen molar-refractivity contribution < 1.29 is 0 Å². The summed E-state index contributed by atoms with van der Waals surface area (Å²) in [6.45, 7) is 0. The first kappa shape index (κ1) is 9.36. The van der Waals surface area contributed by atoms with Gasteiger partial charge in [-0.1, -0.05) is 6.07 Å². The molecule has 0 aliphatic carbocycles. The van der Waals surface area contributed by atoms with Crippen molar-refractivity contribution in [2.24, 2.45) is 0 Å². The molecule has 16 heavy (non-hydrogen) atoms. The summed E-state index contributed by atoms with van der Waals surface area (Å²) in [5.41, 5.74) is 3.56. The van der Waals surface area contributed by atoms with Crippen molar-refractivity contribution in [2.45, 2.75) is 0 Å². The average molecular weight is 226 g/mol. The number of nitrogens with zero attached hydrogens (tertiary/aromatic N) is 1. The Morgan fingerprint density at radius 2 is 1.94 bits per heavy atom. The van der Waals surface area contributed by atoms with Crippen LogP contribution < -0.4 is 0 Å². The van der Waals surface area contributed by atoms with Gasteiger partial charge in [0.1, 0.15) is 0 Å². The van der Waals surface area contributed by atoms with Crippen molar-refractivity contribution in [3.63, 3.8) is 0 Å². The normalized spacial score (nSPS) is 10.5. The van der Waals surface area contributed by atoms with Gasteiger partial charge in [-0.25, -0.2) is 0 Å². The van der Waals surface area contributed by atoms with Gasteiger partial charge in [-0.2, -0.15) is 0 Å². The molecule has 0 saturated carbocycles. The molecule has 0 atom stereocenters. The topological polar surface area (TPSA) is 28.7 Å². The molecule has 0 aliphatic heterocycles. The predicted molar refractivity (Wildman–Crippen MR) is 67.3 cm³/mol. The summed E-state index contributed by atoms with van der Waals surface area (Å²) < 4.78 is 0. The maximum atomic E-state index is 4.02. The Balaban J connectivity index is 2.00. The maximum Gasteiger partial charge on any atom is 0.0561 e. The Kier molecular flexibility index (Phi) is 2.31. The summed E-state index contributed by atoms with van der Waals surface area (Å²) in [6.07, 6.45) is 5.66. The first-order valence-electron chi connectivity index (χ1n) is 5.06. The van der Waals surface area contributed by atoms with Crippen molar-refractivity contribution >= 4 is 11.3 Å². The van der Waals surface area contributed by atoms with Crippen molar-refractivity contribution in [2.75, 3.05) is 0 Å². The zero-order valence-electron chi connectivity index (χ0n) is 8.55. The molecule has 3 aromatic rings. The van der Waals surface area contributed by atoms with Gasteiger partial charge in [0.05, 0.1) is 10.6 Å². The SMILES string of the molecule is c1csc(-c2cc(-c3ccncc3)c[nH]2)c1. The lowest BCUT2D eigenvalue weighted by Gasteiger charge is -1.94. The minimum absolute atomic E-state index is 1.17. The number of pyridine rings is 1. The van der Waals surface area contributed by atoms with Gasteiger partial charge >= 0.3 is 0 Å². The van der Waals surface area contributed by atoms with Gasteiger partial charge in [0, 0.05) is 18.6 Å². The zero-order valence-corrected chi connectivity index (χ0v) is 9.37. The number of aromatic amines is 1. The average Bonchev–Trinajstić information content (AvgIpc) is 3.01. The summed E-state index contributed by atoms with van der Waals surface area (Å²) in [4.78, 5) is 8.58. The van der Waals surface area contributed by atoms with Crippen LogP contribution in [0.25, 0.3) is 21.7 Å². The lowest BCUT2D eigenvalue weighted by molar-refractivity contribution is 1.33. The van der Waals surface area contributed by atoms with Crippen LogP contribution in [-0.2, 0) is 0 Å². The Morgan fingerprint density at radius 1 is 1.06 bits per heavy atom. The summed E-state index contributed by atoms with van der Waals surface area (Å²) in [5, 5.41) is 2.09. The Morgan fingerprint density at radius 3 is 2.69 bits per heavy atom. The highest BCUT2D eigenvalue weighted by atomic mass is 32.1. The molecule has 3 heterocycles. The van der Waals surface area contributed by atoms with E-state index in [1.54, 1.807) is 11.3 Å². The van der Waals surface area contributed by atoms with Crippen LogP contribution in [0.2, 0.25) is 0 Å². The molecule has 0 aliphatic rings. The van der Waals surface area contributed by atoms with Gasteiger partial charge in [-0.15, -0.1) is 11.3 Å². The highest BCUT2D eigenvalue weighted by molar-refractivity contribution is 7.13. The van der Waals surface area contributed by atoms with E-state index < -0.39 is 0 Å². The highest BCUT2D eigenvalue weighted by Crippen LogP contribution is 2.28. The summed E-state index contributed by atoms with van der Waals surface area (Å²) in [5.74, 6) is 0. The third-order valence-corrected chi connectivity index (χ3v) is 3.39. The molecular formula is C13H10N2S. The molecule has 2 nitrogen and oxygen atoms in total. The maximum absolute atomic E-state index is 4.02. The first-order valence-corrected chi connectivity index (χ1v) is 5.94. The number of aromatic nitrogens is 2. The second kappa shape index (κ2) is 3.94. The molecule has 0 unspecified atom stereocenters. The molecule has 0 saturated heterocycles. The van der Waals surface area contributed by atoms with E-state index in [-0.39, 0.29) is 0 Å². The van der Waals surface area contributed by atoms with E-state index in [2.05, 4.69) is 33.5 Å². The number of hydrogen-bond acceptors (Lipinski definition) is 2. The van der Waals surface area contributed by atoms with E-state index in [4.69, 9.17) is 0 Å². The Labute approximate surface area is 97.6 Å². The van der Waals surface area contributed by atoms with E-state index in [0.717, 1.165) is 0 Å². The van der Waals surface area contributed by atoms with Gasteiger partial charge in [0.25, 0.3) is 0 Å². The zero-order chi connectivity index (χ0) is 10.8. The van der Waals surface area contributed by atoms with Gasteiger partial charge in [0.15, 0.2) is 0 Å². The van der Waals surface area contributed by atoms with Crippen LogP contribution in [0.15, 0.2) is 54.3 Å². The van der Waals surface area contributed by atoms with E-state index in [1.807, 2.05) is 30.7 Å². The molecule has 0 spiro atoms. The van der Waals surface area contributed by atoms with Crippen LogP contribution >= 0.6 is 11.3 Å². The lowest BCUT2D eigenvalue weighted by atomic mass is 10.1. The van der Waals surface area contributed by atoms with E-state index in [1.165, 1.54) is 21.7 Å². The van der Waals surface area contributed by atoms with Crippen LogP contribution in [0.1, 0.15) is 0 Å². The lowest BCUT2D eigenvalue weighted by Crippen LogP contribution is -1.73. The summed E-state index contributed by atoms with van der Waals surface area (Å²) in [7, 11) is 0. The van der Waals surface area contributed by atoms with Crippen LogP contribution in [0, 0.1) is 0 Å². The van der Waals surface area contributed by atoms with E-state index in [9.17, 15) is 0 Å². The fraction of sp³-hybridized carbons (Fsp3) is 0. The quantitative estimate of drug-likeness (QED) is 0.707. The second-order valence-electron chi connectivity index (χ2n) is 3.52. The summed E-state index contributed by atoms with van der Waals surface area (Å²) in [6, 6.07) is 10.4. The smallest absolute Gasteiger partial charge is 0.0561 e. The highest BCUT2D eigenvalue weighted by Gasteiger charge is 2.03. The molecule has 3 rings (SSSR count). The Bertz CT molecular complexity index is 567. The second-order valence-corrected chi connectivity index (χ2v) is 4.46. The van der Waals surface area contributed by atoms with E-state index >= 15 is 0 Å². The van der Waals surface area contributed by atoms with Crippen LogP contribution in [0.3, 0.4) is 0 Å². The molecule has 3 aromatic heterocycles. The van der Waals surface area contributed by atoms with E-state index in [0.29, 0.717) is 0 Å². The third kappa shape index (κ3) is 1.66. The van der Waals surface area contributed by atoms with Gasteiger partial charge in [-0.05, 0) is 40.8 Å². The molecular weight excluding hydrogens is 216 g/mol. The predicted octanol–water partition coefficient (Wildman–Crippen LogP) is 3.81. The van der Waals surface area contributed by atoms with Gasteiger partial charge in [-0.3, -0.25) is 4.98 Å². The van der Waals surface area contributed by atoms with Crippen LogP contribution in [0.4, 0.5) is 0 Å². The fourth-order valence-corrected chi connectivity index (χ4v) is 2.39. The monoisotopic (exact) mass is 226 g/mol. The minimum Gasteiger partial charge on any atom is -0.360 e. The van der Waals surface area contributed by atoms with Gasteiger partial charge in [0.2, 0.25) is 0 Å². The summed E-state index contributed by atoms with van der Waals surface area (Å²) >= 11 is 1.74. The molecule has 0 aromatic carbocycles. The molecule has 1 N–H and O–H groups in total. The van der Waals surface area contributed by atoms with Crippen LogP contribution in [0.5, 0.6) is 0 Å². The van der Waals surface area contributed by atoms with Crippen molar-refractivity contribution in [3.05, 3.63) is 54.3 Å². The van der Waals surface area contributed by atoms with Crippen LogP contribution in [-0.4, -0.2) is 9.97 Å². The molecule has 78 valence electrons. The number of rotatable bonds is 2. The molecule has 0 fully saturated rings. The first-order chi connectivity index (χ1) is 7.93. The Hall–Kier alpha value is -1.87. The third-order valence-electron chi connectivity index (χ3n) is 2.48. The number of thiophene rings is 1. The number of nitrogens with one attached hydrogen (secondary N) is 1. The minimum atomic E-state index is 1.17. The standard InChI is InChI=1S/C13H10N2S/c1-2-13(16-7-1)12-8-11(9-15-12)10-3-5-14-6-4-10/h1-9,15H. The van der Waals surface area contributed by atoms with Crippen molar-refractivity contribution in [3.8, 4) is 21.7 Å². The number of H-pyrrole nitrogens is 1. The van der Waals surface area contributed by atoms with Gasteiger partial charge < -0.3 is 4.98 Å². The molecule has 3 heteroatoms. The molecule has 0 bridgehead atoms. The molecule has 0 radical (unpaired) electrons. The fourth-order valence-electron chi connectivity index (χ4n) is 1.68.